The Balaban J connectivity index is 1.70. The molecule has 3 N–H and O–H groups in total. The molecule has 1 unspecified atom stereocenters. The Bertz CT molecular complexity index is 1050. The minimum Gasteiger partial charge on any atom is -0.508 e. The Morgan fingerprint density at radius 1 is 0.926 bits per heavy atom. The molecule has 0 aliphatic heterocycles. The number of rotatable bonds is 5. The number of nitrogens with zero attached hydrogens (tertiary/aromatic N) is 2. The van der Waals surface area contributed by atoms with Crippen molar-refractivity contribution in [2.75, 3.05) is 0 Å². The zero-order valence-corrected chi connectivity index (χ0v) is 15.3. The first-order valence-corrected chi connectivity index (χ1v) is 9.14. The van der Waals surface area contributed by atoms with Gasteiger partial charge in [-0.2, -0.15) is 0 Å². The van der Waals surface area contributed by atoms with Gasteiger partial charge in [0, 0.05) is 6.54 Å². The number of imidazole rings is 1. The maximum absolute atomic E-state index is 9.48. The van der Waals surface area contributed by atoms with Gasteiger partial charge in [0.05, 0.1) is 17.1 Å². The van der Waals surface area contributed by atoms with E-state index in [1.165, 1.54) is 11.1 Å². The third-order valence-electron chi connectivity index (χ3n) is 4.87. The normalized spacial score (nSPS) is 12.4. The van der Waals surface area contributed by atoms with Crippen LogP contribution < -0.4 is 5.73 Å². The highest BCUT2D eigenvalue weighted by atomic mass is 16.3. The molecular formula is C23H23N3O. The Kier molecular flexibility index (Phi) is 4.65. The van der Waals surface area contributed by atoms with Gasteiger partial charge in [-0.1, -0.05) is 54.1 Å². The number of hydrogen-bond acceptors (Lipinski definition) is 3. The minimum absolute atomic E-state index is 0.229. The summed E-state index contributed by atoms with van der Waals surface area (Å²) in [7, 11) is 0. The van der Waals surface area contributed by atoms with Gasteiger partial charge in [-0.3, -0.25) is 0 Å². The van der Waals surface area contributed by atoms with E-state index in [1.54, 1.807) is 12.1 Å². The molecule has 4 rings (SSSR count). The average molecular weight is 357 g/mol. The second-order valence-corrected chi connectivity index (χ2v) is 7.01. The van der Waals surface area contributed by atoms with Crippen molar-refractivity contribution in [3.05, 3.63) is 95.3 Å². The molecule has 136 valence electrons. The number of nitrogens with two attached hydrogens (primary N) is 1. The van der Waals surface area contributed by atoms with Gasteiger partial charge >= 0.3 is 0 Å². The standard InChI is InChI=1S/C23H23N3O/c1-16-6-8-18(9-7-16)15-26-22-5-3-2-4-21(22)25-23(26)20(24)14-17-10-12-19(27)13-11-17/h2-13,20,27H,14-15,24H2,1H3. The van der Waals surface area contributed by atoms with Crippen LogP contribution in [0.3, 0.4) is 0 Å². The van der Waals surface area contributed by atoms with E-state index in [0.29, 0.717) is 6.42 Å². The van der Waals surface area contributed by atoms with E-state index in [1.807, 2.05) is 30.3 Å². The van der Waals surface area contributed by atoms with Crippen molar-refractivity contribution in [3.8, 4) is 5.75 Å². The lowest BCUT2D eigenvalue weighted by molar-refractivity contribution is 0.475. The van der Waals surface area contributed by atoms with Crippen LogP contribution in [-0.2, 0) is 13.0 Å². The van der Waals surface area contributed by atoms with Gasteiger partial charge in [-0.15, -0.1) is 0 Å². The summed E-state index contributed by atoms with van der Waals surface area (Å²) in [5.41, 5.74) is 12.2. The Morgan fingerprint density at radius 2 is 1.59 bits per heavy atom. The molecule has 4 nitrogen and oxygen atoms in total. The number of benzene rings is 3. The number of aromatic nitrogens is 2. The smallest absolute Gasteiger partial charge is 0.127 e. The van der Waals surface area contributed by atoms with Gasteiger partial charge in [0.1, 0.15) is 11.6 Å². The first-order valence-electron chi connectivity index (χ1n) is 9.14. The summed E-state index contributed by atoms with van der Waals surface area (Å²) in [6.07, 6.45) is 0.664. The molecule has 1 atom stereocenters. The van der Waals surface area contributed by atoms with E-state index in [2.05, 4.69) is 41.8 Å². The van der Waals surface area contributed by atoms with Crippen LogP contribution in [0, 0.1) is 6.92 Å². The van der Waals surface area contributed by atoms with Crippen LogP contribution in [0.4, 0.5) is 0 Å². The highest BCUT2D eigenvalue weighted by Crippen LogP contribution is 2.24. The van der Waals surface area contributed by atoms with Crippen LogP contribution in [-0.4, -0.2) is 14.7 Å². The topological polar surface area (TPSA) is 64.1 Å². The highest BCUT2D eigenvalue weighted by molar-refractivity contribution is 5.76. The highest BCUT2D eigenvalue weighted by Gasteiger charge is 2.17. The van der Waals surface area contributed by atoms with Crippen molar-refractivity contribution in [1.82, 2.24) is 9.55 Å². The molecule has 4 aromatic rings. The minimum atomic E-state index is -0.229. The van der Waals surface area contributed by atoms with Crippen molar-refractivity contribution in [3.63, 3.8) is 0 Å². The number of aromatic hydroxyl groups is 1. The Morgan fingerprint density at radius 3 is 2.33 bits per heavy atom. The van der Waals surface area contributed by atoms with Crippen molar-refractivity contribution >= 4 is 11.0 Å². The molecule has 0 radical (unpaired) electrons. The predicted octanol–water partition coefficient (Wildman–Crippen LogP) is 4.34. The molecule has 1 aromatic heterocycles. The lowest BCUT2D eigenvalue weighted by atomic mass is 10.1. The summed E-state index contributed by atoms with van der Waals surface area (Å²) in [6, 6.07) is 23.7. The van der Waals surface area contributed by atoms with E-state index in [4.69, 9.17) is 10.7 Å². The van der Waals surface area contributed by atoms with Crippen LogP contribution in [0.5, 0.6) is 5.75 Å². The van der Waals surface area contributed by atoms with E-state index < -0.39 is 0 Å². The number of hydrogen-bond donors (Lipinski definition) is 2. The molecule has 4 heteroatoms. The summed E-state index contributed by atoms with van der Waals surface area (Å²) in [5.74, 6) is 1.14. The summed E-state index contributed by atoms with van der Waals surface area (Å²) in [5, 5.41) is 9.48. The molecule has 1 heterocycles. The molecular weight excluding hydrogens is 334 g/mol. The zero-order valence-electron chi connectivity index (χ0n) is 15.3. The maximum Gasteiger partial charge on any atom is 0.127 e. The number of phenols is 1. The molecule has 0 spiro atoms. The second kappa shape index (κ2) is 7.25. The quantitative estimate of drug-likeness (QED) is 0.558. The van der Waals surface area contributed by atoms with E-state index in [-0.39, 0.29) is 11.8 Å². The van der Waals surface area contributed by atoms with Gasteiger partial charge in [0.2, 0.25) is 0 Å². The van der Waals surface area contributed by atoms with E-state index in [0.717, 1.165) is 29.0 Å². The lowest BCUT2D eigenvalue weighted by Crippen LogP contribution is -2.19. The first kappa shape index (κ1) is 17.3. The van der Waals surface area contributed by atoms with Crippen LogP contribution in [0.15, 0.2) is 72.8 Å². The molecule has 0 aliphatic rings. The number of aryl methyl sites for hydroxylation is 1. The van der Waals surface area contributed by atoms with Gasteiger partial charge in [-0.05, 0) is 48.7 Å². The average Bonchev–Trinajstić information content (AvgIpc) is 3.04. The molecule has 0 amide bonds. The molecule has 0 fully saturated rings. The van der Waals surface area contributed by atoms with Crippen LogP contribution in [0.1, 0.15) is 28.6 Å². The predicted molar refractivity (Wildman–Crippen MR) is 109 cm³/mol. The molecule has 0 bridgehead atoms. The summed E-state index contributed by atoms with van der Waals surface area (Å²) in [6.45, 7) is 2.83. The van der Waals surface area contributed by atoms with Crippen LogP contribution in [0.2, 0.25) is 0 Å². The second-order valence-electron chi connectivity index (χ2n) is 7.01. The fourth-order valence-electron chi connectivity index (χ4n) is 3.40. The number of para-hydroxylation sites is 2. The van der Waals surface area contributed by atoms with Crippen molar-refractivity contribution < 1.29 is 5.11 Å². The fourth-order valence-corrected chi connectivity index (χ4v) is 3.40. The fraction of sp³-hybridized carbons (Fsp3) is 0.174. The third-order valence-corrected chi connectivity index (χ3v) is 4.87. The van der Waals surface area contributed by atoms with Crippen molar-refractivity contribution in [1.29, 1.82) is 0 Å². The first-order chi connectivity index (χ1) is 13.1. The Hall–Kier alpha value is -3.11. The Labute approximate surface area is 158 Å². The van der Waals surface area contributed by atoms with Crippen molar-refractivity contribution in [2.24, 2.45) is 5.73 Å². The van der Waals surface area contributed by atoms with Gasteiger partial charge in [0.25, 0.3) is 0 Å². The van der Waals surface area contributed by atoms with Gasteiger partial charge in [0.15, 0.2) is 0 Å². The summed E-state index contributed by atoms with van der Waals surface area (Å²) in [4.78, 5) is 4.83. The van der Waals surface area contributed by atoms with Crippen molar-refractivity contribution in [2.45, 2.75) is 25.9 Å². The molecule has 0 saturated heterocycles. The molecule has 0 aliphatic carbocycles. The molecule has 3 aromatic carbocycles. The summed E-state index contributed by atoms with van der Waals surface area (Å²) < 4.78 is 2.21. The third kappa shape index (κ3) is 3.71. The summed E-state index contributed by atoms with van der Waals surface area (Å²) >= 11 is 0. The van der Waals surface area contributed by atoms with E-state index >= 15 is 0 Å². The molecule has 27 heavy (non-hydrogen) atoms. The van der Waals surface area contributed by atoms with Crippen LogP contribution in [0.25, 0.3) is 11.0 Å². The SMILES string of the molecule is Cc1ccc(Cn2c(C(N)Cc3ccc(O)cc3)nc3ccccc32)cc1. The van der Waals surface area contributed by atoms with Gasteiger partial charge in [-0.25, -0.2) is 4.98 Å². The number of phenolic OH excluding ortho intramolecular Hbond substituents is 1. The molecule has 0 saturated carbocycles. The maximum atomic E-state index is 9.48. The van der Waals surface area contributed by atoms with E-state index in [9.17, 15) is 5.11 Å². The largest absolute Gasteiger partial charge is 0.508 e. The van der Waals surface area contributed by atoms with Crippen LogP contribution >= 0.6 is 0 Å². The van der Waals surface area contributed by atoms with Gasteiger partial charge < -0.3 is 15.4 Å². The zero-order chi connectivity index (χ0) is 18.8. The number of fused-ring (bicyclic) bond motifs is 1. The monoisotopic (exact) mass is 357 g/mol. The lowest BCUT2D eigenvalue weighted by Gasteiger charge is -2.15.